The molecule has 0 bridgehead atoms. The van der Waals surface area contributed by atoms with E-state index >= 15 is 0 Å². The van der Waals surface area contributed by atoms with Gasteiger partial charge < -0.3 is 10.6 Å². The number of aliphatic imine (C=N–C) groups is 1. The van der Waals surface area contributed by atoms with E-state index in [1.807, 2.05) is 7.05 Å². The van der Waals surface area contributed by atoms with Gasteiger partial charge in [0, 0.05) is 38.8 Å². The number of nitrogens with zero attached hydrogens (tertiary/aromatic N) is 5. The van der Waals surface area contributed by atoms with Crippen molar-refractivity contribution in [2.75, 3.05) is 13.1 Å². The van der Waals surface area contributed by atoms with Crippen LogP contribution in [-0.4, -0.2) is 50.8 Å². The molecule has 0 radical (unpaired) electrons. The molecule has 2 atom stereocenters. The van der Waals surface area contributed by atoms with Crippen LogP contribution in [0, 0.1) is 0 Å². The highest BCUT2D eigenvalue weighted by molar-refractivity contribution is 5.80. The van der Waals surface area contributed by atoms with Crippen molar-refractivity contribution in [2.45, 2.75) is 45.4 Å². The second-order valence-electron chi connectivity index (χ2n) is 6.84. The summed E-state index contributed by atoms with van der Waals surface area (Å²) in [7, 11) is 1.89. The van der Waals surface area contributed by atoms with Gasteiger partial charge in [0.25, 0.3) is 0 Å². The normalized spacial score (nSPS) is 21.1. The number of hydrogen-bond acceptors (Lipinski definition) is 4. The SMILES string of the molecule is CCNC(=NCc1ncnn1C)NC1CC(C)N(Cc2ccccc2)C1. The molecule has 140 valence electrons. The summed E-state index contributed by atoms with van der Waals surface area (Å²) < 4.78 is 1.76. The standard InChI is InChI=1S/C19H29N7/c1-4-20-19(21-11-18-22-14-23-25(18)3)24-17-10-15(2)26(13-17)12-16-8-6-5-7-9-16/h5-9,14-15,17H,4,10-13H2,1-3H3,(H2,20,21,24). The smallest absolute Gasteiger partial charge is 0.191 e. The maximum absolute atomic E-state index is 4.67. The van der Waals surface area contributed by atoms with Crippen molar-refractivity contribution in [3.63, 3.8) is 0 Å². The van der Waals surface area contributed by atoms with Crippen LogP contribution in [0.4, 0.5) is 0 Å². The fourth-order valence-electron chi connectivity index (χ4n) is 3.37. The van der Waals surface area contributed by atoms with E-state index in [1.54, 1.807) is 11.0 Å². The predicted octanol–water partition coefficient (Wildman–Crippen LogP) is 1.53. The number of guanidine groups is 1. The Kier molecular flexibility index (Phi) is 6.22. The Morgan fingerprint density at radius 1 is 1.31 bits per heavy atom. The largest absolute Gasteiger partial charge is 0.357 e. The molecule has 0 spiro atoms. The minimum atomic E-state index is 0.394. The summed E-state index contributed by atoms with van der Waals surface area (Å²) in [5, 5.41) is 11.0. The lowest BCUT2D eigenvalue weighted by atomic mass is 10.2. The monoisotopic (exact) mass is 355 g/mol. The third-order valence-corrected chi connectivity index (χ3v) is 4.80. The molecule has 1 aromatic heterocycles. The molecular formula is C19H29N7. The van der Waals surface area contributed by atoms with Crippen molar-refractivity contribution >= 4 is 5.96 Å². The molecule has 1 saturated heterocycles. The van der Waals surface area contributed by atoms with Gasteiger partial charge in [0.2, 0.25) is 0 Å². The van der Waals surface area contributed by atoms with Gasteiger partial charge in [-0.15, -0.1) is 0 Å². The zero-order valence-corrected chi connectivity index (χ0v) is 15.9. The quantitative estimate of drug-likeness (QED) is 0.607. The van der Waals surface area contributed by atoms with Crippen molar-refractivity contribution in [2.24, 2.45) is 12.0 Å². The van der Waals surface area contributed by atoms with Crippen LogP contribution < -0.4 is 10.6 Å². The fraction of sp³-hybridized carbons (Fsp3) is 0.526. The maximum Gasteiger partial charge on any atom is 0.191 e. The number of aryl methyl sites for hydroxylation is 1. The molecule has 1 aliphatic heterocycles. The van der Waals surface area contributed by atoms with E-state index < -0.39 is 0 Å². The van der Waals surface area contributed by atoms with Crippen molar-refractivity contribution in [1.82, 2.24) is 30.3 Å². The first-order chi connectivity index (χ1) is 12.7. The van der Waals surface area contributed by atoms with E-state index in [9.17, 15) is 0 Å². The Morgan fingerprint density at radius 3 is 2.81 bits per heavy atom. The molecule has 1 aromatic carbocycles. The molecule has 2 aromatic rings. The van der Waals surface area contributed by atoms with Crippen LogP contribution in [0.1, 0.15) is 31.7 Å². The van der Waals surface area contributed by atoms with E-state index in [0.717, 1.165) is 37.8 Å². The second kappa shape index (κ2) is 8.80. The summed E-state index contributed by atoms with van der Waals surface area (Å²) in [6.45, 7) is 7.74. The van der Waals surface area contributed by atoms with Crippen LogP contribution in [0.15, 0.2) is 41.7 Å². The third-order valence-electron chi connectivity index (χ3n) is 4.80. The lowest BCUT2D eigenvalue weighted by Gasteiger charge is -2.21. The number of nitrogens with one attached hydrogen (secondary N) is 2. The van der Waals surface area contributed by atoms with Crippen LogP contribution in [0.25, 0.3) is 0 Å². The summed E-state index contributed by atoms with van der Waals surface area (Å²) in [6.07, 6.45) is 2.67. The topological polar surface area (TPSA) is 70.4 Å². The Balaban J connectivity index is 1.58. The van der Waals surface area contributed by atoms with Gasteiger partial charge in [-0.25, -0.2) is 9.98 Å². The van der Waals surface area contributed by atoms with Gasteiger partial charge in [-0.1, -0.05) is 30.3 Å². The average Bonchev–Trinajstić information content (AvgIpc) is 3.19. The lowest BCUT2D eigenvalue weighted by Crippen LogP contribution is -2.44. The van der Waals surface area contributed by atoms with E-state index in [2.05, 4.69) is 74.8 Å². The van der Waals surface area contributed by atoms with Crippen LogP contribution >= 0.6 is 0 Å². The Bertz CT molecular complexity index is 710. The molecule has 1 aliphatic rings. The number of hydrogen-bond donors (Lipinski definition) is 2. The van der Waals surface area contributed by atoms with Gasteiger partial charge in [0.05, 0.1) is 0 Å². The summed E-state index contributed by atoms with van der Waals surface area (Å²) in [6, 6.07) is 11.6. The van der Waals surface area contributed by atoms with Gasteiger partial charge in [0.1, 0.15) is 18.7 Å². The van der Waals surface area contributed by atoms with E-state index in [0.29, 0.717) is 18.6 Å². The zero-order valence-electron chi connectivity index (χ0n) is 15.9. The molecule has 3 rings (SSSR count). The van der Waals surface area contributed by atoms with E-state index in [-0.39, 0.29) is 0 Å². The molecule has 7 nitrogen and oxygen atoms in total. The molecule has 7 heteroatoms. The molecule has 2 unspecified atom stereocenters. The van der Waals surface area contributed by atoms with Crippen LogP contribution in [0.2, 0.25) is 0 Å². The lowest BCUT2D eigenvalue weighted by molar-refractivity contribution is 0.258. The van der Waals surface area contributed by atoms with Gasteiger partial charge in [-0.3, -0.25) is 9.58 Å². The molecule has 1 fully saturated rings. The third kappa shape index (κ3) is 4.82. The highest BCUT2D eigenvalue weighted by atomic mass is 15.3. The van der Waals surface area contributed by atoms with Crippen molar-refractivity contribution in [3.05, 3.63) is 48.0 Å². The second-order valence-corrected chi connectivity index (χ2v) is 6.84. The fourth-order valence-corrected chi connectivity index (χ4v) is 3.37. The number of benzene rings is 1. The van der Waals surface area contributed by atoms with Crippen molar-refractivity contribution in [1.29, 1.82) is 0 Å². The maximum atomic E-state index is 4.67. The summed E-state index contributed by atoms with van der Waals surface area (Å²) in [5.74, 6) is 1.70. The van der Waals surface area contributed by atoms with E-state index in [4.69, 9.17) is 0 Å². The first-order valence-corrected chi connectivity index (χ1v) is 9.31. The highest BCUT2D eigenvalue weighted by Gasteiger charge is 2.29. The Morgan fingerprint density at radius 2 is 2.12 bits per heavy atom. The zero-order chi connectivity index (χ0) is 18.4. The Labute approximate surface area is 155 Å². The van der Waals surface area contributed by atoms with Crippen molar-refractivity contribution in [3.8, 4) is 0 Å². The predicted molar refractivity (Wildman–Crippen MR) is 104 cm³/mol. The number of likely N-dealkylation sites (tertiary alicyclic amines) is 1. The summed E-state index contributed by atoms with van der Waals surface area (Å²) >= 11 is 0. The van der Waals surface area contributed by atoms with Gasteiger partial charge in [0.15, 0.2) is 5.96 Å². The first kappa shape index (κ1) is 18.4. The minimum absolute atomic E-state index is 0.394. The molecule has 26 heavy (non-hydrogen) atoms. The molecule has 2 heterocycles. The van der Waals surface area contributed by atoms with Crippen LogP contribution in [0.3, 0.4) is 0 Å². The van der Waals surface area contributed by atoms with Crippen LogP contribution in [-0.2, 0) is 20.1 Å². The van der Waals surface area contributed by atoms with Crippen molar-refractivity contribution < 1.29 is 0 Å². The average molecular weight is 355 g/mol. The molecule has 0 aliphatic carbocycles. The van der Waals surface area contributed by atoms with E-state index in [1.165, 1.54) is 5.56 Å². The molecule has 0 saturated carbocycles. The molecular weight excluding hydrogens is 326 g/mol. The number of rotatable bonds is 6. The van der Waals surface area contributed by atoms with Gasteiger partial charge in [-0.05, 0) is 25.8 Å². The molecule has 0 amide bonds. The highest BCUT2D eigenvalue weighted by Crippen LogP contribution is 2.20. The summed E-state index contributed by atoms with van der Waals surface area (Å²) in [5.41, 5.74) is 1.36. The minimum Gasteiger partial charge on any atom is -0.357 e. The number of aromatic nitrogens is 3. The van der Waals surface area contributed by atoms with Crippen LogP contribution in [0.5, 0.6) is 0 Å². The Hall–Kier alpha value is -2.41. The molecule has 2 N–H and O–H groups in total. The first-order valence-electron chi connectivity index (χ1n) is 9.31. The summed E-state index contributed by atoms with van der Waals surface area (Å²) in [4.78, 5) is 11.4. The van der Waals surface area contributed by atoms with Gasteiger partial charge in [-0.2, -0.15) is 5.10 Å². The van der Waals surface area contributed by atoms with Gasteiger partial charge >= 0.3 is 0 Å².